The SMILES string of the molecule is Cc1csc(CNC2CC2)c1S(=O)(=O)NC1CCCCC1. The van der Waals surface area contributed by atoms with Crippen LogP contribution in [-0.2, 0) is 16.6 Å². The predicted molar refractivity (Wildman–Crippen MR) is 86.1 cm³/mol. The van der Waals surface area contributed by atoms with Gasteiger partial charge in [-0.2, -0.15) is 0 Å². The Labute approximate surface area is 131 Å². The van der Waals surface area contributed by atoms with Gasteiger partial charge in [0.05, 0.1) is 0 Å². The summed E-state index contributed by atoms with van der Waals surface area (Å²) in [5, 5.41) is 5.38. The van der Waals surface area contributed by atoms with E-state index in [1.54, 1.807) is 11.3 Å². The third kappa shape index (κ3) is 3.86. The zero-order valence-electron chi connectivity index (χ0n) is 12.5. The number of aryl methyl sites for hydroxylation is 1. The van der Waals surface area contributed by atoms with Gasteiger partial charge in [0.2, 0.25) is 10.0 Å². The van der Waals surface area contributed by atoms with Crippen molar-refractivity contribution in [2.45, 2.75) is 75.4 Å². The molecule has 0 bridgehead atoms. The maximum Gasteiger partial charge on any atom is 0.242 e. The highest BCUT2D eigenvalue weighted by Gasteiger charge is 2.28. The Kier molecular flexibility index (Phi) is 4.69. The second-order valence-corrected chi connectivity index (χ2v) is 8.90. The molecule has 3 rings (SSSR count). The van der Waals surface area contributed by atoms with Crippen molar-refractivity contribution < 1.29 is 8.42 Å². The fourth-order valence-electron chi connectivity index (χ4n) is 2.99. The molecule has 4 nitrogen and oxygen atoms in total. The van der Waals surface area contributed by atoms with Crippen LogP contribution in [0.3, 0.4) is 0 Å². The van der Waals surface area contributed by atoms with E-state index < -0.39 is 10.0 Å². The number of thiophene rings is 1. The Morgan fingerprint density at radius 1 is 1.14 bits per heavy atom. The molecule has 2 N–H and O–H groups in total. The topological polar surface area (TPSA) is 58.2 Å². The van der Waals surface area contributed by atoms with Crippen LogP contribution in [0.5, 0.6) is 0 Å². The number of hydrogen-bond donors (Lipinski definition) is 2. The van der Waals surface area contributed by atoms with E-state index in [2.05, 4.69) is 10.0 Å². The van der Waals surface area contributed by atoms with Crippen molar-refractivity contribution in [1.29, 1.82) is 0 Å². The fraction of sp³-hybridized carbons (Fsp3) is 0.733. The van der Waals surface area contributed by atoms with Crippen molar-refractivity contribution in [3.8, 4) is 0 Å². The molecule has 2 fully saturated rings. The molecule has 2 saturated carbocycles. The summed E-state index contributed by atoms with van der Waals surface area (Å²) in [5.74, 6) is 0. The molecule has 6 heteroatoms. The molecule has 1 heterocycles. The Morgan fingerprint density at radius 3 is 2.52 bits per heavy atom. The largest absolute Gasteiger partial charge is 0.309 e. The fourth-order valence-corrected chi connectivity index (χ4v) is 6.06. The van der Waals surface area contributed by atoms with Gasteiger partial charge in [-0.15, -0.1) is 11.3 Å². The first-order chi connectivity index (χ1) is 10.1. The minimum Gasteiger partial charge on any atom is -0.309 e. The predicted octanol–water partition coefficient (Wildman–Crippen LogP) is 2.92. The summed E-state index contributed by atoms with van der Waals surface area (Å²) < 4.78 is 28.4. The highest BCUT2D eigenvalue weighted by Crippen LogP contribution is 2.29. The Hall–Kier alpha value is -0.430. The number of rotatable bonds is 6. The van der Waals surface area contributed by atoms with E-state index in [-0.39, 0.29) is 6.04 Å². The average Bonchev–Trinajstić information content (AvgIpc) is 3.19. The monoisotopic (exact) mass is 328 g/mol. The normalized spacial score (nSPS) is 20.8. The first kappa shape index (κ1) is 15.5. The highest BCUT2D eigenvalue weighted by molar-refractivity contribution is 7.89. The van der Waals surface area contributed by atoms with Gasteiger partial charge in [-0.05, 0) is 43.6 Å². The molecular formula is C15H24N2O2S2. The van der Waals surface area contributed by atoms with E-state index >= 15 is 0 Å². The summed E-state index contributed by atoms with van der Waals surface area (Å²) in [5.41, 5.74) is 0.871. The molecule has 0 unspecified atom stereocenters. The van der Waals surface area contributed by atoms with E-state index in [0.717, 1.165) is 36.1 Å². The van der Waals surface area contributed by atoms with Crippen LogP contribution < -0.4 is 10.0 Å². The lowest BCUT2D eigenvalue weighted by Crippen LogP contribution is -2.36. The molecule has 2 aliphatic carbocycles. The Bertz CT molecular complexity index is 585. The van der Waals surface area contributed by atoms with E-state index in [4.69, 9.17) is 0 Å². The third-order valence-electron chi connectivity index (χ3n) is 4.31. The molecule has 21 heavy (non-hydrogen) atoms. The molecule has 1 aromatic rings. The van der Waals surface area contributed by atoms with Crippen molar-refractivity contribution in [3.63, 3.8) is 0 Å². The molecule has 1 aromatic heterocycles. The highest BCUT2D eigenvalue weighted by atomic mass is 32.2. The summed E-state index contributed by atoms with van der Waals surface area (Å²) in [6, 6.07) is 0.710. The van der Waals surface area contributed by atoms with Gasteiger partial charge in [0.25, 0.3) is 0 Å². The van der Waals surface area contributed by atoms with Gasteiger partial charge in [0.1, 0.15) is 4.90 Å². The van der Waals surface area contributed by atoms with Crippen molar-refractivity contribution in [2.75, 3.05) is 0 Å². The van der Waals surface area contributed by atoms with Crippen LogP contribution in [0.2, 0.25) is 0 Å². The average molecular weight is 329 g/mol. The van der Waals surface area contributed by atoms with Crippen LogP contribution in [-0.4, -0.2) is 20.5 Å². The van der Waals surface area contributed by atoms with Crippen molar-refractivity contribution >= 4 is 21.4 Å². The minimum absolute atomic E-state index is 0.118. The van der Waals surface area contributed by atoms with Gasteiger partial charge in [0, 0.05) is 23.5 Å². The van der Waals surface area contributed by atoms with E-state index in [9.17, 15) is 8.42 Å². The lowest BCUT2D eigenvalue weighted by Gasteiger charge is -2.23. The second-order valence-electron chi connectivity index (χ2n) is 6.28. The maximum absolute atomic E-state index is 12.7. The zero-order chi connectivity index (χ0) is 14.9. The molecule has 0 aliphatic heterocycles. The smallest absolute Gasteiger partial charge is 0.242 e. The first-order valence-electron chi connectivity index (χ1n) is 7.89. The van der Waals surface area contributed by atoms with Crippen LogP contribution in [0.25, 0.3) is 0 Å². The molecule has 0 aromatic carbocycles. The van der Waals surface area contributed by atoms with Crippen LogP contribution in [0.4, 0.5) is 0 Å². The minimum atomic E-state index is -3.38. The molecule has 0 amide bonds. The Balaban J connectivity index is 1.74. The summed E-state index contributed by atoms with van der Waals surface area (Å²) in [6.07, 6.45) is 7.86. The van der Waals surface area contributed by atoms with Gasteiger partial charge >= 0.3 is 0 Å². The molecular weight excluding hydrogens is 304 g/mol. The van der Waals surface area contributed by atoms with Crippen molar-refractivity contribution in [3.05, 3.63) is 15.8 Å². The molecule has 0 saturated heterocycles. The van der Waals surface area contributed by atoms with Crippen LogP contribution in [0.1, 0.15) is 55.4 Å². The van der Waals surface area contributed by atoms with E-state index in [0.29, 0.717) is 17.5 Å². The Morgan fingerprint density at radius 2 is 1.86 bits per heavy atom. The summed E-state index contributed by atoms with van der Waals surface area (Å²) in [4.78, 5) is 1.47. The van der Waals surface area contributed by atoms with Crippen LogP contribution >= 0.6 is 11.3 Å². The van der Waals surface area contributed by atoms with Crippen LogP contribution in [0, 0.1) is 6.92 Å². The molecule has 0 radical (unpaired) electrons. The molecule has 0 spiro atoms. The number of hydrogen-bond acceptors (Lipinski definition) is 4. The maximum atomic E-state index is 12.7. The first-order valence-corrected chi connectivity index (χ1v) is 10.3. The zero-order valence-corrected chi connectivity index (χ0v) is 14.2. The molecule has 2 aliphatic rings. The van der Waals surface area contributed by atoms with Gasteiger partial charge < -0.3 is 5.32 Å². The van der Waals surface area contributed by atoms with Gasteiger partial charge in [0.15, 0.2) is 0 Å². The molecule has 118 valence electrons. The number of sulfonamides is 1. The molecule has 0 atom stereocenters. The van der Waals surface area contributed by atoms with E-state index in [1.807, 2.05) is 12.3 Å². The summed E-state index contributed by atoms with van der Waals surface area (Å²) in [7, 11) is -3.38. The number of nitrogens with one attached hydrogen (secondary N) is 2. The van der Waals surface area contributed by atoms with Gasteiger partial charge in [-0.25, -0.2) is 13.1 Å². The van der Waals surface area contributed by atoms with Crippen molar-refractivity contribution in [1.82, 2.24) is 10.0 Å². The van der Waals surface area contributed by atoms with Crippen molar-refractivity contribution in [2.24, 2.45) is 0 Å². The third-order valence-corrected chi connectivity index (χ3v) is 7.30. The second kappa shape index (κ2) is 6.36. The van der Waals surface area contributed by atoms with Crippen LogP contribution in [0.15, 0.2) is 10.3 Å². The summed E-state index contributed by atoms with van der Waals surface area (Å²) in [6.45, 7) is 2.57. The standard InChI is InChI=1S/C15H24N2O2S2/c1-11-10-20-14(9-16-12-7-8-12)15(11)21(18,19)17-13-5-3-2-4-6-13/h10,12-13,16-17H,2-9H2,1H3. The quantitative estimate of drug-likeness (QED) is 0.844. The lowest BCUT2D eigenvalue weighted by molar-refractivity contribution is 0.412. The summed E-state index contributed by atoms with van der Waals surface area (Å²) >= 11 is 1.55. The lowest BCUT2D eigenvalue weighted by atomic mass is 9.96. The van der Waals surface area contributed by atoms with E-state index in [1.165, 1.54) is 19.3 Å². The van der Waals surface area contributed by atoms with Gasteiger partial charge in [-0.1, -0.05) is 19.3 Å². The van der Waals surface area contributed by atoms with Gasteiger partial charge in [-0.3, -0.25) is 0 Å².